The molecule has 0 saturated carbocycles. The van der Waals surface area contributed by atoms with Crippen LogP contribution in [0.25, 0.3) is 0 Å². The van der Waals surface area contributed by atoms with Crippen molar-refractivity contribution in [2.75, 3.05) is 19.6 Å². The number of piperazine rings is 1. The van der Waals surface area contributed by atoms with Crippen molar-refractivity contribution in [1.82, 2.24) is 9.80 Å². The van der Waals surface area contributed by atoms with E-state index in [2.05, 4.69) is 20.8 Å². The summed E-state index contributed by atoms with van der Waals surface area (Å²) in [4.78, 5) is 15.9. The SMILES string of the molecule is O=C1CCC2CN(Cc3cccc(F)c3Br)CCN12. The van der Waals surface area contributed by atoms with Gasteiger partial charge in [0.1, 0.15) is 5.82 Å². The van der Waals surface area contributed by atoms with Crippen LogP contribution in [0.15, 0.2) is 22.7 Å². The molecule has 102 valence electrons. The number of rotatable bonds is 2. The van der Waals surface area contributed by atoms with Gasteiger partial charge in [-0.3, -0.25) is 9.69 Å². The predicted octanol–water partition coefficient (Wildman–Crippen LogP) is 2.39. The summed E-state index contributed by atoms with van der Waals surface area (Å²) in [5.74, 6) is 0.0729. The zero-order chi connectivity index (χ0) is 13.4. The topological polar surface area (TPSA) is 23.6 Å². The normalized spacial score (nSPS) is 23.8. The summed E-state index contributed by atoms with van der Waals surface area (Å²) in [6, 6.07) is 5.50. The molecule has 0 N–H and O–H groups in total. The molecule has 2 saturated heterocycles. The number of nitrogens with zero attached hydrogens (tertiary/aromatic N) is 2. The number of hydrogen-bond donors (Lipinski definition) is 0. The number of benzene rings is 1. The highest BCUT2D eigenvalue weighted by atomic mass is 79.9. The molecule has 2 fully saturated rings. The van der Waals surface area contributed by atoms with Gasteiger partial charge in [-0.05, 0) is 34.0 Å². The van der Waals surface area contributed by atoms with Crippen LogP contribution < -0.4 is 0 Å². The molecule has 0 radical (unpaired) electrons. The summed E-state index contributed by atoms with van der Waals surface area (Å²) in [6.45, 7) is 3.30. The van der Waals surface area contributed by atoms with Gasteiger partial charge in [-0.25, -0.2) is 4.39 Å². The lowest BCUT2D eigenvalue weighted by Crippen LogP contribution is -2.50. The highest BCUT2D eigenvalue weighted by molar-refractivity contribution is 9.10. The first-order valence-electron chi connectivity index (χ1n) is 6.60. The number of carbonyl (C=O) groups excluding carboxylic acids is 1. The van der Waals surface area contributed by atoms with E-state index in [1.54, 1.807) is 6.07 Å². The standard InChI is InChI=1S/C14H16BrFN2O/c15-14-10(2-1-3-12(14)16)8-17-6-7-18-11(9-17)4-5-13(18)19/h1-3,11H,4-9H2. The van der Waals surface area contributed by atoms with E-state index < -0.39 is 0 Å². The van der Waals surface area contributed by atoms with Crippen LogP contribution in [-0.4, -0.2) is 41.4 Å². The van der Waals surface area contributed by atoms with Gasteiger partial charge in [-0.1, -0.05) is 12.1 Å². The fourth-order valence-electron chi connectivity index (χ4n) is 2.98. The zero-order valence-corrected chi connectivity index (χ0v) is 12.2. The lowest BCUT2D eigenvalue weighted by Gasteiger charge is -2.37. The minimum Gasteiger partial charge on any atom is -0.337 e. The van der Waals surface area contributed by atoms with E-state index in [-0.39, 0.29) is 11.7 Å². The van der Waals surface area contributed by atoms with Gasteiger partial charge >= 0.3 is 0 Å². The second-order valence-corrected chi connectivity index (χ2v) is 6.02. The quantitative estimate of drug-likeness (QED) is 0.833. The number of fused-ring (bicyclic) bond motifs is 1. The number of hydrogen-bond acceptors (Lipinski definition) is 2. The maximum atomic E-state index is 13.5. The van der Waals surface area contributed by atoms with Crippen molar-refractivity contribution in [1.29, 1.82) is 0 Å². The molecule has 2 aliphatic heterocycles. The van der Waals surface area contributed by atoms with Crippen LogP contribution in [0.4, 0.5) is 4.39 Å². The van der Waals surface area contributed by atoms with Gasteiger partial charge in [-0.15, -0.1) is 0 Å². The Morgan fingerprint density at radius 1 is 1.37 bits per heavy atom. The molecule has 0 aromatic heterocycles. The number of amides is 1. The minimum atomic E-state index is -0.216. The fraction of sp³-hybridized carbons (Fsp3) is 0.500. The summed E-state index contributed by atoms with van der Waals surface area (Å²) in [7, 11) is 0. The smallest absolute Gasteiger partial charge is 0.222 e. The Morgan fingerprint density at radius 2 is 2.21 bits per heavy atom. The highest BCUT2D eigenvalue weighted by Crippen LogP contribution is 2.26. The van der Waals surface area contributed by atoms with Crippen molar-refractivity contribution in [3.63, 3.8) is 0 Å². The summed E-state index contributed by atoms with van der Waals surface area (Å²) < 4.78 is 14.0. The third-order valence-electron chi connectivity index (χ3n) is 4.00. The van der Waals surface area contributed by atoms with E-state index in [4.69, 9.17) is 0 Å². The third kappa shape index (κ3) is 2.54. The first-order chi connectivity index (χ1) is 9.15. The molecule has 1 aromatic carbocycles. The largest absolute Gasteiger partial charge is 0.337 e. The summed E-state index contributed by atoms with van der Waals surface area (Å²) in [6.07, 6.45) is 1.64. The first kappa shape index (κ1) is 13.1. The van der Waals surface area contributed by atoms with E-state index in [9.17, 15) is 9.18 Å². The molecular formula is C14H16BrFN2O. The van der Waals surface area contributed by atoms with Crippen molar-refractivity contribution >= 4 is 21.8 Å². The molecule has 2 aliphatic rings. The van der Waals surface area contributed by atoms with Gasteiger partial charge in [0.05, 0.1) is 4.47 Å². The molecule has 5 heteroatoms. The Labute approximate surface area is 120 Å². The predicted molar refractivity (Wildman–Crippen MR) is 74.1 cm³/mol. The highest BCUT2D eigenvalue weighted by Gasteiger charge is 2.35. The molecule has 1 aromatic rings. The van der Waals surface area contributed by atoms with E-state index in [1.807, 2.05) is 11.0 Å². The molecule has 0 aliphatic carbocycles. The molecule has 3 nitrogen and oxygen atoms in total. The fourth-order valence-corrected chi connectivity index (χ4v) is 3.37. The first-order valence-corrected chi connectivity index (χ1v) is 7.39. The molecule has 1 atom stereocenters. The average Bonchev–Trinajstić information content (AvgIpc) is 2.76. The Balaban J connectivity index is 1.68. The van der Waals surface area contributed by atoms with Crippen LogP contribution in [0.1, 0.15) is 18.4 Å². The van der Waals surface area contributed by atoms with E-state index in [1.165, 1.54) is 6.07 Å². The van der Waals surface area contributed by atoms with Crippen LogP contribution in [0, 0.1) is 5.82 Å². The molecule has 1 amide bonds. The van der Waals surface area contributed by atoms with Crippen LogP contribution in [0.5, 0.6) is 0 Å². The second kappa shape index (κ2) is 5.21. The van der Waals surface area contributed by atoms with Crippen molar-refractivity contribution in [2.45, 2.75) is 25.4 Å². The Morgan fingerprint density at radius 3 is 3.05 bits per heavy atom. The number of halogens is 2. The zero-order valence-electron chi connectivity index (χ0n) is 10.6. The van der Waals surface area contributed by atoms with Crippen molar-refractivity contribution in [3.05, 3.63) is 34.1 Å². The van der Waals surface area contributed by atoms with E-state index in [0.29, 0.717) is 16.9 Å². The van der Waals surface area contributed by atoms with Gasteiger partial charge in [0.2, 0.25) is 5.91 Å². The molecule has 0 bridgehead atoms. The van der Waals surface area contributed by atoms with Crippen molar-refractivity contribution in [2.24, 2.45) is 0 Å². The average molecular weight is 327 g/mol. The van der Waals surface area contributed by atoms with E-state index in [0.717, 1.165) is 38.2 Å². The molecule has 3 rings (SSSR count). The van der Waals surface area contributed by atoms with Gasteiger partial charge in [0, 0.05) is 38.6 Å². The van der Waals surface area contributed by atoms with Gasteiger partial charge in [0.25, 0.3) is 0 Å². The lowest BCUT2D eigenvalue weighted by molar-refractivity contribution is -0.130. The Hall–Kier alpha value is -0.940. The molecule has 2 heterocycles. The van der Waals surface area contributed by atoms with E-state index >= 15 is 0 Å². The van der Waals surface area contributed by atoms with Crippen LogP contribution >= 0.6 is 15.9 Å². The van der Waals surface area contributed by atoms with Crippen LogP contribution in [0.2, 0.25) is 0 Å². The molecule has 19 heavy (non-hydrogen) atoms. The summed E-state index contributed by atoms with van der Waals surface area (Å²) in [5, 5.41) is 0. The van der Waals surface area contributed by atoms with Gasteiger partial charge in [-0.2, -0.15) is 0 Å². The summed E-state index contributed by atoms with van der Waals surface area (Å²) in [5.41, 5.74) is 0.970. The Bertz CT molecular complexity index is 508. The minimum absolute atomic E-state index is 0.216. The van der Waals surface area contributed by atoms with Gasteiger partial charge in [0.15, 0.2) is 0 Å². The Kier molecular flexibility index (Phi) is 3.58. The van der Waals surface area contributed by atoms with Crippen LogP contribution in [0.3, 0.4) is 0 Å². The van der Waals surface area contributed by atoms with Crippen molar-refractivity contribution < 1.29 is 9.18 Å². The monoisotopic (exact) mass is 326 g/mol. The lowest BCUT2D eigenvalue weighted by atomic mass is 10.1. The molecular weight excluding hydrogens is 311 g/mol. The molecule has 1 unspecified atom stereocenters. The molecule has 0 spiro atoms. The third-order valence-corrected chi connectivity index (χ3v) is 4.89. The van der Waals surface area contributed by atoms with Crippen LogP contribution in [-0.2, 0) is 11.3 Å². The maximum Gasteiger partial charge on any atom is 0.222 e. The van der Waals surface area contributed by atoms with Crippen molar-refractivity contribution in [3.8, 4) is 0 Å². The van der Waals surface area contributed by atoms with Gasteiger partial charge < -0.3 is 4.90 Å². The number of carbonyl (C=O) groups is 1. The maximum absolute atomic E-state index is 13.5. The second-order valence-electron chi connectivity index (χ2n) is 5.23. The summed E-state index contributed by atoms with van der Waals surface area (Å²) >= 11 is 3.31.